The van der Waals surface area contributed by atoms with Crippen LogP contribution in [0.25, 0.3) is 0 Å². The number of benzene rings is 1. The molecule has 2 heterocycles. The first kappa shape index (κ1) is 18.0. The second-order valence-corrected chi connectivity index (χ2v) is 7.54. The quantitative estimate of drug-likeness (QED) is 0.861. The third-order valence-electron chi connectivity index (χ3n) is 4.78. The van der Waals surface area contributed by atoms with E-state index >= 15 is 0 Å². The molecule has 6 heteroatoms. The minimum Gasteiger partial charge on any atom is -0.350 e. The number of piperidine rings is 1. The van der Waals surface area contributed by atoms with Crippen molar-refractivity contribution in [2.24, 2.45) is 5.92 Å². The third-order valence-corrected chi connectivity index (χ3v) is 5.76. The number of nitrogens with zero attached hydrogens (tertiary/aromatic N) is 1. The molecule has 0 saturated carbocycles. The number of carbonyl (C=O) groups excluding carboxylic acids is 1. The maximum atomic E-state index is 13.8. The molecule has 0 spiro atoms. The van der Waals surface area contributed by atoms with Crippen LogP contribution in [0.15, 0.2) is 35.7 Å². The molecule has 1 aliphatic heterocycles. The van der Waals surface area contributed by atoms with Gasteiger partial charge in [0.05, 0.1) is 11.6 Å². The number of hydrogen-bond acceptors (Lipinski definition) is 3. The summed E-state index contributed by atoms with van der Waals surface area (Å²) < 4.78 is 27.1. The van der Waals surface area contributed by atoms with Gasteiger partial charge in [-0.15, -0.1) is 11.3 Å². The lowest BCUT2D eigenvalue weighted by atomic mass is 9.97. The van der Waals surface area contributed by atoms with E-state index < -0.39 is 17.5 Å². The fourth-order valence-corrected chi connectivity index (χ4v) is 4.06. The normalized spacial score (nSPS) is 17.4. The summed E-state index contributed by atoms with van der Waals surface area (Å²) in [5, 5.41) is 4.80. The number of rotatable bonds is 5. The highest BCUT2D eigenvalue weighted by atomic mass is 32.1. The van der Waals surface area contributed by atoms with Crippen molar-refractivity contribution >= 4 is 17.2 Å². The Morgan fingerprint density at radius 1 is 1.28 bits per heavy atom. The first-order chi connectivity index (χ1) is 12.1. The van der Waals surface area contributed by atoms with Crippen molar-refractivity contribution in [2.75, 3.05) is 19.6 Å². The maximum absolute atomic E-state index is 13.8. The molecule has 1 aromatic heterocycles. The number of thiophene rings is 1. The number of amides is 1. The van der Waals surface area contributed by atoms with Crippen LogP contribution < -0.4 is 5.32 Å². The monoisotopic (exact) mass is 364 g/mol. The number of carbonyl (C=O) groups is 1. The summed E-state index contributed by atoms with van der Waals surface area (Å²) in [5.74, 6) is -1.97. The molecule has 1 aromatic carbocycles. The predicted octanol–water partition coefficient (Wildman–Crippen LogP) is 4.23. The van der Waals surface area contributed by atoms with E-state index in [1.807, 2.05) is 11.4 Å². The number of hydrogen-bond donors (Lipinski definition) is 1. The molecule has 1 N–H and O–H groups in total. The predicted molar refractivity (Wildman–Crippen MR) is 95.7 cm³/mol. The van der Waals surface area contributed by atoms with Crippen LogP contribution in [0.4, 0.5) is 8.78 Å². The van der Waals surface area contributed by atoms with Gasteiger partial charge in [-0.1, -0.05) is 19.1 Å². The average Bonchev–Trinajstić information content (AvgIpc) is 3.13. The van der Waals surface area contributed by atoms with Crippen LogP contribution in [-0.2, 0) is 0 Å². The van der Waals surface area contributed by atoms with Gasteiger partial charge in [0.25, 0.3) is 5.91 Å². The van der Waals surface area contributed by atoms with Gasteiger partial charge in [-0.3, -0.25) is 9.69 Å². The van der Waals surface area contributed by atoms with E-state index in [1.54, 1.807) is 11.3 Å². The summed E-state index contributed by atoms with van der Waals surface area (Å²) in [7, 11) is 0. The van der Waals surface area contributed by atoms with Crippen molar-refractivity contribution in [3.05, 3.63) is 57.8 Å². The lowest BCUT2D eigenvalue weighted by Crippen LogP contribution is -2.41. The van der Waals surface area contributed by atoms with E-state index in [-0.39, 0.29) is 11.6 Å². The highest BCUT2D eigenvalue weighted by molar-refractivity contribution is 7.10. The number of likely N-dealkylation sites (tertiary alicyclic amines) is 1. The molecule has 1 aliphatic rings. The average molecular weight is 364 g/mol. The van der Waals surface area contributed by atoms with Crippen molar-refractivity contribution < 1.29 is 13.6 Å². The lowest BCUT2D eigenvalue weighted by molar-refractivity contribution is 0.0910. The van der Waals surface area contributed by atoms with Gasteiger partial charge in [0.15, 0.2) is 11.6 Å². The molecule has 1 atom stereocenters. The highest BCUT2D eigenvalue weighted by Crippen LogP contribution is 2.29. The molecule has 1 fully saturated rings. The Hall–Kier alpha value is -1.79. The second kappa shape index (κ2) is 8.06. The first-order valence-corrected chi connectivity index (χ1v) is 9.44. The van der Waals surface area contributed by atoms with Crippen LogP contribution in [0.1, 0.15) is 41.0 Å². The van der Waals surface area contributed by atoms with Crippen molar-refractivity contribution in [3.8, 4) is 0 Å². The fraction of sp³-hybridized carbons (Fsp3) is 0.421. The summed E-state index contributed by atoms with van der Waals surface area (Å²) in [6.07, 6.45) is 2.27. The van der Waals surface area contributed by atoms with Crippen molar-refractivity contribution in [2.45, 2.75) is 25.8 Å². The van der Waals surface area contributed by atoms with E-state index in [0.717, 1.165) is 37.9 Å². The van der Waals surface area contributed by atoms with Gasteiger partial charge in [0.1, 0.15) is 0 Å². The molecule has 0 bridgehead atoms. The Bertz CT molecular complexity index is 712. The zero-order valence-electron chi connectivity index (χ0n) is 14.2. The van der Waals surface area contributed by atoms with Gasteiger partial charge in [-0.25, -0.2) is 8.78 Å². The summed E-state index contributed by atoms with van der Waals surface area (Å²) in [6.45, 7) is 4.59. The van der Waals surface area contributed by atoms with E-state index in [9.17, 15) is 13.6 Å². The summed E-state index contributed by atoms with van der Waals surface area (Å²) in [4.78, 5) is 15.8. The van der Waals surface area contributed by atoms with Gasteiger partial charge in [-0.05, 0) is 55.4 Å². The van der Waals surface area contributed by atoms with Crippen LogP contribution in [0, 0.1) is 17.6 Å². The Kier molecular flexibility index (Phi) is 5.81. The zero-order chi connectivity index (χ0) is 17.8. The van der Waals surface area contributed by atoms with Gasteiger partial charge in [0, 0.05) is 11.4 Å². The largest absolute Gasteiger partial charge is 0.350 e. The standard InChI is InChI=1S/C19H22F2N2OS/c1-13-7-9-23(10-8-13)16(17-6-3-11-25-17)12-22-19(24)14-4-2-5-15(20)18(14)21/h2-6,11,13,16H,7-10,12H2,1H3,(H,22,24). The van der Waals surface area contributed by atoms with Crippen LogP contribution in [0.5, 0.6) is 0 Å². The molecular formula is C19H22F2N2OS. The van der Waals surface area contributed by atoms with Crippen molar-refractivity contribution in [1.29, 1.82) is 0 Å². The topological polar surface area (TPSA) is 32.3 Å². The van der Waals surface area contributed by atoms with Gasteiger partial charge < -0.3 is 5.32 Å². The van der Waals surface area contributed by atoms with Crippen LogP contribution >= 0.6 is 11.3 Å². The van der Waals surface area contributed by atoms with Gasteiger partial charge in [0.2, 0.25) is 0 Å². The number of nitrogens with one attached hydrogen (secondary N) is 1. The zero-order valence-corrected chi connectivity index (χ0v) is 15.0. The van der Waals surface area contributed by atoms with Gasteiger partial charge in [-0.2, -0.15) is 0 Å². The fourth-order valence-electron chi connectivity index (χ4n) is 3.19. The van der Waals surface area contributed by atoms with E-state index in [2.05, 4.69) is 23.2 Å². The summed E-state index contributed by atoms with van der Waals surface area (Å²) >= 11 is 1.65. The summed E-state index contributed by atoms with van der Waals surface area (Å²) in [6, 6.07) is 7.77. The molecule has 0 aliphatic carbocycles. The lowest BCUT2D eigenvalue weighted by Gasteiger charge is -2.36. The molecule has 0 radical (unpaired) electrons. The highest BCUT2D eigenvalue weighted by Gasteiger charge is 2.26. The van der Waals surface area contributed by atoms with E-state index in [4.69, 9.17) is 0 Å². The second-order valence-electron chi connectivity index (χ2n) is 6.56. The maximum Gasteiger partial charge on any atom is 0.254 e. The van der Waals surface area contributed by atoms with Gasteiger partial charge >= 0.3 is 0 Å². The third kappa shape index (κ3) is 4.25. The minimum atomic E-state index is -1.10. The number of halogens is 2. The molecule has 3 rings (SSSR count). The van der Waals surface area contributed by atoms with Crippen LogP contribution in [-0.4, -0.2) is 30.4 Å². The molecule has 25 heavy (non-hydrogen) atoms. The molecular weight excluding hydrogens is 342 g/mol. The molecule has 134 valence electrons. The Labute approximate surface area is 150 Å². The Morgan fingerprint density at radius 3 is 2.72 bits per heavy atom. The Balaban J connectivity index is 1.70. The smallest absolute Gasteiger partial charge is 0.254 e. The summed E-state index contributed by atoms with van der Waals surface area (Å²) in [5.41, 5.74) is -0.253. The molecule has 1 unspecified atom stereocenters. The SMILES string of the molecule is CC1CCN(C(CNC(=O)c2cccc(F)c2F)c2cccs2)CC1. The van der Waals surface area contributed by atoms with E-state index in [0.29, 0.717) is 6.54 Å². The van der Waals surface area contributed by atoms with E-state index in [1.165, 1.54) is 17.0 Å². The molecule has 1 amide bonds. The minimum absolute atomic E-state index is 0.0630. The van der Waals surface area contributed by atoms with Crippen molar-refractivity contribution in [3.63, 3.8) is 0 Å². The molecule has 1 saturated heterocycles. The van der Waals surface area contributed by atoms with Crippen molar-refractivity contribution in [1.82, 2.24) is 10.2 Å². The molecule has 2 aromatic rings. The Morgan fingerprint density at radius 2 is 2.04 bits per heavy atom. The van der Waals surface area contributed by atoms with Crippen LogP contribution in [0.2, 0.25) is 0 Å². The molecule has 3 nitrogen and oxygen atoms in total. The van der Waals surface area contributed by atoms with Crippen LogP contribution in [0.3, 0.4) is 0 Å². The first-order valence-electron chi connectivity index (χ1n) is 8.56.